The molecule has 1 atom stereocenters. The Labute approximate surface area is 119 Å². The molecule has 1 aliphatic heterocycles. The van der Waals surface area contributed by atoms with Crippen molar-refractivity contribution < 1.29 is 9.53 Å². The second-order valence-electron chi connectivity index (χ2n) is 5.20. The summed E-state index contributed by atoms with van der Waals surface area (Å²) in [5, 5.41) is 9.99. The predicted molar refractivity (Wildman–Crippen MR) is 77.7 cm³/mol. The molecular formula is C14H24N4O2. The van der Waals surface area contributed by atoms with E-state index in [2.05, 4.69) is 29.6 Å². The minimum atomic E-state index is -0.171. The Morgan fingerprint density at radius 3 is 3.00 bits per heavy atom. The van der Waals surface area contributed by atoms with Crippen molar-refractivity contribution in [1.29, 1.82) is 0 Å². The van der Waals surface area contributed by atoms with Crippen molar-refractivity contribution in [3.05, 3.63) is 12.4 Å². The zero-order chi connectivity index (χ0) is 14.4. The second-order valence-corrected chi connectivity index (χ2v) is 5.20. The Balaban J connectivity index is 1.81. The molecule has 0 radical (unpaired) electrons. The molecular weight excluding hydrogens is 256 g/mol. The van der Waals surface area contributed by atoms with Crippen LogP contribution >= 0.6 is 0 Å². The van der Waals surface area contributed by atoms with Gasteiger partial charge in [-0.2, -0.15) is 5.10 Å². The second kappa shape index (κ2) is 7.28. The number of nitrogens with zero attached hydrogens (tertiary/aromatic N) is 2. The molecule has 2 heterocycles. The van der Waals surface area contributed by atoms with Crippen molar-refractivity contribution in [3.8, 4) is 0 Å². The summed E-state index contributed by atoms with van der Waals surface area (Å²) in [6.45, 7) is 5.72. The van der Waals surface area contributed by atoms with Gasteiger partial charge in [0.15, 0.2) is 0 Å². The largest absolute Gasteiger partial charge is 0.376 e. The molecule has 20 heavy (non-hydrogen) atoms. The van der Waals surface area contributed by atoms with Crippen LogP contribution in [0.5, 0.6) is 0 Å². The molecule has 0 aliphatic carbocycles. The van der Waals surface area contributed by atoms with E-state index in [1.165, 1.54) is 0 Å². The SMILES string of the molecule is CCC(CC)NC(=O)Nc1cnn(CC2CCCO2)c1. The Morgan fingerprint density at radius 1 is 1.55 bits per heavy atom. The maximum atomic E-state index is 11.8. The molecule has 1 aromatic rings. The van der Waals surface area contributed by atoms with E-state index in [0.717, 1.165) is 38.8 Å². The molecule has 1 saturated heterocycles. The summed E-state index contributed by atoms with van der Waals surface area (Å²) >= 11 is 0. The Morgan fingerprint density at radius 2 is 2.35 bits per heavy atom. The first-order valence-electron chi connectivity index (χ1n) is 7.42. The third kappa shape index (κ3) is 4.23. The molecule has 2 N–H and O–H groups in total. The van der Waals surface area contributed by atoms with Gasteiger partial charge in [-0.25, -0.2) is 4.79 Å². The van der Waals surface area contributed by atoms with Crippen LogP contribution in [0.25, 0.3) is 0 Å². The van der Waals surface area contributed by atoms with Gasteiger partial charge in [-0.1, -0.05) is 13.8 Å². The highest BCUT2D eigenvalue weighted by Gasteiger charge is 2.16. The maximum absolute atomic E-state index is 11.8. The number of rotatable bonds is 6. The highest BCUT2D eigenvalue weighted by atomic mass is 16.5. The molecule has 1 unspecified atom stereocenters. The van der Waals surface area contributed by atoms with Crippen LogP contribution < -0.4 is 10.6 Å². The van der Waals surface area contributed by atoms with Gasteiger partial charge >= 0.3 is 6.03 Å². The van der Waals surface area contributed by atoms with E-state index in [1.807, 2.05) is 10.9 Å². The van der Waals surface area contributed by atoms with Crippen LogP contribution in [-0.2, 0) is 11.3 Å². The number of hydrogen-bond acceptors (Lipinski definition) is 3. The van der Waals surface area contributed by atoms with E-state index in [-0.39, 0.29) is 18.2 Å². The molecule has 0 aromatic carbocycles. The Hall–Kier alpha value is -1.56. The molecule has 1 aliphatic rings. The zero-order valence-corrected chi connectivity index (χ0v) is 12.3. The van der Waals surface area contributed by atoms with Gasteiger partial charge in [-0.15, -0.1) is 0 Å². The quantitative estimate of drug-likeness (QED) is 0.840. The van der Waals surface area contributed by atoms with Gasteiger partial charge in [0.05, 0.1) is 24.5 Å². The lowest BCUT2D eigenvalue weighted by atomic mass is 10.2. The van der Waals surface area contributed by atoms with Crippen molar-refractivity contribution in [2.45, 2.75) is 58.2 Å². The monoisotopic (exact) mass is 280 g/mol. The Kier molecular flexibility index (Phi) is 5.40. The number of aromatic nitrogens is 2. The minimum Gasteiger partial charge on any atom is -0.376 e. The third-order valence-electron chi connectivity index (χ3n) is 3.63. The topological polar surface area (TPSA) is 68.2 Å². The van der Waals surface area contributed by atoms with Crippen molar-refractivity contribution in [3.63, 3.8) is 0 Å². The minimum absolute atomic E-state index is 0.171. The number of ether oxygens (including phenoxy) is 1. The highest BCUT2D eigenvalue weighted by Crippen LogP contribution is 2.14. The molecule has 2 rings (SSSR count). The van der Waals surface area contributed by atoms with Crippen LogP contribution in [0.1, 0.15) is 39.5 Å². The van der Waals surface area contributed by atoms with Crippen molar-refractivity contribution in [2.75, 3.05) is 11.9 Å². The fourth-order valence-corrected chi connectivity index (χ4v) is 2.37. The van der Waals surface area contributed by atoms with Crippen molar-refractivity contribution in [2.24, 2.45) is 0 Å². The van der Waals surface area contributed by atoms with Crippen LogP contribution in [0.4, 0.5) is 10.5 Å². The number of anilines is 1. The first kappa shape index (κ1) is 14.8. The first-order valence-corrected chi connectivity index (χ1v) is 7.42. The van der Waals surface area contributed by atoms with E-state index < -0.39 is 0 Å². The van der Waals surface area contributed by atoms with E-state index >= 15 is 0 Å². The van der Waals surface area contributed by atoms with E-state index in [9.17, 15) is 4.79 Å². The van der Waals surface area contributed by atoms with Gasteiger partial charge in [0, 0.05) is 18.8 Å². The summed E-state index contributed by atoms with van der Waals surface area (Å²) in [6, 6.07) is 0.0484. The summed E-state index contributed by atoms with van der Waals surface area (Å²) in [4.78, 5) is 11.8. The molecule has 6 heteroatoms. The molecule has 0 spiro atoms. The van der Waals surface area contributed by atoms with Gasteiger partial charge < -0.3 is 15.4 Å². The summed E-state index contributed by atoms with van der Waals surface area (Å²) in [6.07, 6.45) is 7.83. The lowest BCUT2D eigenvalue weighted by molar-refractivity contribution is 0.0940. The van der Waals surface area contributed by atoms with Crippen LogP contribution in [0.15, 0.2) is 12.4 Å². The molecule has 1 aromatic heterocycles. The average Bonchev–Trinajstić information content (AvgIpc) is 3.09. The lowest BCUT2D eigenvalue weighted by Gasteiger charge is -2.14. The van der Waals surface area contributed by atoms with Gasteiger partial charge in [-0.3, -0.25) is 4.68 Å². The zero-order valence-electron chi connectivity index (χ0n) is 12.3. The van der Waals surface area contributed by atoms with Crippen LogP contribution in [-0.4, -0.2) is 34.6 Å². The van der Waals surface area contributed by atoms with Crippen LogP contribution in [0.3, 0.4) is 0 Å². The summed E-state index contributed by atoms with van der Waals surface area (Å²) in [5.41, 5.74) is 0.714. The fraction of sp³-hybridized carbons (Fsp3) is 0.714. The number of nitrogens with one attached hydrogen (secondary N) is 2. The van der Waals surface area contributed by atoms with Gasteiger partial charge in [0.1, 0.15) is 0 Å². The van der Waals surface area contributed by atoms with Crippen molar-refractivity contribution in [1.82, 2.24) is 15.1 Å². The van der Waals surface area contributed by atoms with Crippen molar-refractivity contribution >= 4 is 11.7 Å². The summed E-state index contributed by atoms with van der Waals surface area (Å²) < 4.78 is 7.39. The van der Waals surface area contributed by atoms with Gasteiger partial charge in [-0.05, 0) is 25.7 Å². The summed E-state index contributed by atoms with van der Waals surface area (Å²) in [5.74, 6) is 0. The maximum Gasteiger partial charge on any atom is 0.319 e. The molecule has 2 amide bonds. The van der Waals surface area contributed by atoms with E-state index in [0.29, 0.717) is 5.69 Å². The standard InChI is InChI=1S/C14H24N4O2/c1-3-11(4-2)16-14(19)17-12-8-15-18(9-12)10-13-6-5-7-20-13/h8-9,11,13H,3-7,10H2,1-2H3,(H2,16,17,19). The molecule has 6 nitrogen and oxygen atoms in total. The average molecular weight is 280 g/mol. The number of carbonyl (C=O) groups excluding carboxylic acids is 1. The third-order valence-corrected chi connectivity index (χ3v) is 3.63. The first-order chi connectivity index (χ1) is 9.71. The summed E-state index contributed by atoms with van der Waals surface area (Å²) in [7, 11) is 0. The number of amides is 2. The van der Waals surface area contributed by atoms with Crippen LogP contribution in [0, 0.1) is 0 Å². The molecule has 0 saturated carbocycles. The molecule has 0 bridgehead atoms. The van der Waals surface area contributed by atoms with Crippen LogP contribution in [0.2, 0.25) is 0 Å². The number of urea groups is 1. The molecule has 1 fully saturated rings. The molecule has 112 valence electrons. The Bertz CT molecular complexity index is 423. The van der Waals surface area contributed by atoms with Gasteiger partial charge in [0.2, 0.25) is 0 Å². The fourth-order valence-electron chi connectivity index (χ4n) is 2.37. The number of carbonyl (C=O) groups is 1. The predicted octanol–water partition coefficient (Wildman–Crippen LogP) is 2.37. The van der Waals surface area contributed by atoms with E-state index in [1.54, 1.807) is 6.20 Å². The lowest BCUT2D eigenvalue weighted by Crippen LogP contribution is -2.37. The van der Waals surface area contributed by atoms with E-state index in [4.69, 9.17) is 4.74 Å². The smallest absolute Gasteiger partial charge is 0.319 e. The normalized spacial score (nSPS) is 18.4. The number of hydrogen-bond donors (Lipinski definition) is 2. The van der Waals surface area contributed by atoms with Gasteiger partial charge in [0.25, 0.3) is 0 Å². The highest BCUT2D eigenvalue weighted by molar-refractivity contribution is 5.89.